The van der Waals surface area contributed by atoms with E-state index in [1.54, 1.807) is 18.2 Å². The number of hydrogen-bond donors (Lipinski definition) is 1. The lowest BCUT2D eigenvalue weighted by Crippen LogP contribution is -2.14. The van der Waals surface area contributed by atoms with Gasteiger partial charge in [-0.2, -0.15) is 0 Å². The van der Waals surface area contributed by atoms with Crippen LogP contribution in [0.5, 0.6) is 5.75 Å². The van der Waals surface area contributed by atoms with Crippen LogP contribution < -0.4 is 10.1 Å². The number of ether oxygens (including phenoxy) is 1. The summed E-state index contributed by atoms with van der Waals surface area (Å²) in [6.45, 7) is 4.81. The van der Waals surface area contributed by atoms with Crippen LogP contribution in [0.25, 0.3) is 0 Å². The van der Waals surface area contributed by atoms with Crippen molar-refractivity contribution in [1.29, 1.82) is 0 Å². The molecular formula is C18H20FNO2. The van der Waals surface area contributed by atoms with Crippen molar-refractivity contribution < 1.29 is 13.9 Å². The van der Waals surface area contributed by atoms with Crippen molar-refractivity contribution >= 4 is 11.6 Å². The molecule has 2 aromatic carbocycles. The third-order valence-corrected chi connectivity index (χ3v) is 3.19. The molecule has 0 aliphatic carbocycles. The predicted molar refractivity (Wildman–Crippen MR) is 85.7 cm³/mol. The van der Waals surface area contributed by atoms with E-state index in [0.29, 0.717) is 29.5 Å². The first-order valence-corrected chi connectivity index (χ1v) is 7.35. The molecule has 0 aromatic heterocycles. The molecule has 0 fully saturated rings. The summed E-state index contributed by atoms with van der Waals surface area (Å²) in [4.78, 5) is 12.3. The molecule has 0 saturated carbocycles. The molecule has 2 rings (SSSR count). The molecule has 116 valence electrons. The smallest absolute Gasteiger partial charge is 0.259 e. The van der Waals surface area contributed by atoms with Crippen molar-refractivity contribution in [1.82, 2.24) is 0 Å². The SMILES string of the molecule is CC(C)CCOc1ccccc1C(=O)Nc1ccc(F)cc1. The zero-order chi connectivity index (χ0) is 15.9. The first-order valence-electron chi connectivity index (χ1n) is 7.35. The lowest BCUT2D eigenvalue weighted by atomic mass is 10.1. The number of benzene rings is 2. The van der Waals surface area contributed by atoms with Crippen molar-refractivity contribution in [2.75, 3.05) is 11.9 Å². The molecule has 0 unspecified atom stereocenters. The summed E-state index contributed by atoms with van der Waals surface area (Å²) >= 11 is 0. The highest BCUT2D eigenvalue weighted by molar-refractivity contribution is 6.06. The molecule has 0 radical (unpaired) electrons. The van der Waals surface area contributed by atoms with Gasteiger partial charge in [0, 0.05) is 5.69 Å². The Bertz CT molecular complexity index is 623. The number of carbonyl (C=O) groups excluding carboxylic acids is 1. The zero-order valence-corrected chi connectivity index (χ0v) is 12.8. The van der Waals surface area contributed by atoms with Gasteiger partial charge in [0.05, 0.1) is 12.2 Å². The van der Waals surface area contributed by atoms with Crippen LogP contribution in [0, 0.1) is 11.7 Å². The maximum atomic E-state index is 12.9. The van der Waals surface area contributed by atoms with E-state index >= 15 is 0 Å². The molecule has 0 heterocycles. The number of para-hydroxylation sites is 1. The van der Waals surface area contributed by atoms with Gasteiger partial charge in [0.2, 0.25) is 0 Å². The number of hydrogen-bond acceptors (Lipinski definition) is 2. The van der Waals surface area contributed by atoms with Gasteiger partial charge in [-0.1, -0.05) is 26.0 Å². The van der Waals surface area contributed by atoms with Crippen LogP contribution >= 0.6 is 0 Å². The Balaban J connectivity index is 2.07. The summed E-state index contributed by atoms with van der Waals surface area (Å²) < 4.78 is 18.6. The third-order valence-electron chi connectivity index (χ3n) is 3.19. The summed E-state index contributed by atoms with van der Waals surface area (Å²) in [5, 5.41) is 2.74. The second-order valence-corrected chi connectivity index (χ2v) is 5.49. The molecule has 1 amide bonds. The van der Waals surface area contributed by atoms with E-state index in [2.05, 4.69) is 19.2 Å². The zero-order valence-electron chi connectivity index (χ0n) is 12.8. The van der Waals surface area contributed by atoms with Gasteiger partial charge in [0.1, 0.15) is 11.6 Å². The number of halogens is 1. The Kier molecular flexibility index (Phi) is 5.53. The average Bonchev–Trinajstić information content (AvgIpc) is 2.49. The number of amides is 1. The predicted octanol–water partition coefficient (Wildman–Crippen LogP) is 4.50. The summed E-state index contributed by atoms with van der Waals surface area (Å²) in [7, 11) is 0. The highest BCUT2D eigenvalue weighted by atomic mass is 19.1. The van der Waals surface area contributed by atoms with Crippen LogP contribution in [0.3, 0.4) is 0 Å². The number of nitrogens with one attached hydrogen (secondary N) is 1. The molecule has 22 heavy (non-hydrogen) atoms. The molecule has 0 bridgehead atoms. The van der Waals surface area contributed by atoms with Crippen LogP contribution in [0.15, 0.2) is 48.5 Å². The first-order chi connectivity index (χ1) is 10.6. The molecular weight excluding hydrogens is 281 g/mol. The van der Waals surface area contributed by atoms with Crippen molar-refractivity contribution in [3.05, 3.63) is 59.9 Å². The summed E-state index contributed by atoms with van der Waals surface area (Å²) in [6, 6.07) is 12.8. The van der Waals surface area contributed by atoms with E-state index in [4.69, 9.17) is 4.74 Å². The fraction of sp³-hybridized carbons (Fsp3) is 0.278. The second-order valence-electron chi connectivity index (χ2n) is 5.49. The van der Waals surface area contributed by atoms with Crippen LogP contribution in [0.4, 0.5) is 10.1 Å². The van der Waals surface area contributed by atoms with Gasteiger partial charge < -0.3 is 10.1 Å². The van der Waals surface area contributed by atoms with Crippen LogP contribution in [0.1, 0.15) is 30.6 Å². The monoisotopic (exact) mass is 301 g/mol. The quantitative estimate of drug-likeness (QED) is 0.853. The summed E-state index contributed by atoms with van der Waals surface area (Å²) in [5.41, 5.74) is 1.01. The Morgan fingerprint density at radius 1 is 1.14 bits per heavy atom. The maximum absolute atomic E-state index is 12.9. The minimum Gasteiger partial charge on any atom is -0.493 e. The van der Waals surface area contributed by atoms with E-state index in [0.717, 1.165) is 6.42 Å². The second kappa shape index (κ2) is 7.59. The van der Waals surface area contributed by atoms with Gasteiger partial charge in [0.25, 0.3) is 5.91 Å². The van der Waals surface area contributed by atoms with Gasteiger partial charge in [0.15, 0.2) is 0 Å². The number of carbonyl (C=O) groups is 1. The minimum absolute atomic E-state index is 0.272. The fourth-order valence-electron chi connectivity index (χ4n) is 1.92. The lowest BCUT2D eigenvalue weighted by Gasteiger charge is -2.12. The van der Waals surface area contributed by atoms with Crippen LogP contribution in [-0.2, 0) is 0 Å². The Labute approximate surface area is 130 Å². The Hall–Kier alpha value is -2.36. The summed E-state index contributed by atoms with van der Waals surface area (Å²) in [5.74, 6) is 0.491. The molecule has 3 nitrogen and oxygen atoms in total. The van der Waals surface area contributed by atoms with Gasteiger partial charge in [-0.15, -0.1) is 0 Å². The normalized spacial score (nSPS) is 10.5. The third kappa shape index (κ3) is 4.58. The molecule has 0 aliphatic rings. The molecule has 0 spiro atoms. The van der Waals surface area contributed by atoms with E-state index in [9.17, 15) is 9.18 Å². The molecule has 1 N–H and O–H groups in total. The lowest BCUT2D eigenvalue weighted by molar-refractivity contribution is 0.102. The van der Waals surface area contributed by atoms with E-state index in [1.807, 2.05) is 6.07 Å². The van der Waals surface area contributed by atoms with Gasteiger partial charge in [-0.05, 0) is 48.7 Å². The summed E-state index contributed by atoms with van der Waals surface area (Å²) in [6.07, 6.45) is 0.925. The van der Waals surface area contributed by atoms with E-state index in [-0.39, 0.29) is 11.7 Å². The van der Waals surface area contributed by atoms with Crippen LogP contribution in [-0.4, -0.2) is 12.5 Å². The highest BCUT2D eigenvalue weighted by Gasteiger charge is 2.12. The van der Waals surface area contributed by atoms with Crippen molar-refractivity contribution in [2.24, 2.45) is 5.92 Å². The van der Waals surface area contributed by atoms with Crippen LogP contribution in [0.2, 0.25) is 0 Å². The van der Waals surface area contributed by atoms with Crippen molar-refractivity contribution in [3.8, 4) is 5.75 Å². The minimum atomic E-state index is -0.338. The average molecular weight is 301 g/mol. The number of rotatable bonds is 6. The number of anilines is 1. The molecule has 4 heteroatoms. The Morgan fingerprint density at radius 3 is 2.50 bits per heavy atom. The largest absolute Gasteiger partial charge is 0.493 e. The standard InChI is InChI=1S/C18H20FNO2/c1-13(2)11-12-22-17-6-4-3-5-16(17)18(21)20-15-9-7-14(19)8-10-15/h3-10,13H,11-12H2,1-2H3,(H,20,21). The molecule has 0 saturated heterocycles. The topological polar surface area (TPSA) is 38.3 Å². The Morgan fingerprint density at radius 2 is 1.82 bits per heavy atom. The molecule has 0 aliphatic heterocycles. The maximum Gasteiger partial charge on any atom is 0.259 e. The van der Waals surface area contributed by atoms with Crippen molar-refractivity contribution in [2.45, 2.75) is 20.3 Å². The fourth-order valence-corrected chi connectivity index (χ4v) is 1.92. The van der Waals surface area contributed by atoms with E-state index < -0.39 is 0 Å². The van der Waals surface area contributed by atoms with Gasteiger partial charge >= 0.3 is 0 Å². The highest BCUT2D eigenvalue weighted by Crippen LogP contribution is 2.20. The van der Waals surface area contributed by atoms with Gasteiger partial charge in [-0.25, -0.2) is 4.39 Å². The van der Waals surface area contributed by atoms with Crippen molar-refractivity contribution in [3.63, 3.8) is 0 Å². The first kappa shape index (κ1) is 16.0. The van der Waals surface area contributed by atoms with E-state index in [1.165, 1.54) is 24.3 Å². The molecule has 0 atom stereocenters. The molecule has 2 aromatic rings. The van der Waals surface area contributed by atoms with Gasteiger partial charge in [-0.3, -0.25) is 4.79 Å².